The number of amides is 1. The van der Waals surface area contributed by atoms with E-state index in [1.165, 1.54) is 6.07 Å². The van der Waals surface area contributed by atoms with Gasteiger partial charge in [0.2, 0.25) is 0 Å². The molecule has 3 rings (SSSR count). The van der Waals surface area contributed by atoms with Crippen molar-refractivity contribution in [3.05, 3.63) is 29.3 Å². The number of piperazine rings is 1. The predicted molar refractivity (Wildman–Crippen MR) is 97.9 cm³/mol. The van der Waals surface area contributed by atoms with E-state index in [1.807, 2.05) is 0 Å². The number of hydrogen-bond donors (Lipinski definition) is 1. The lowest BCUT2D eigenvalue weighted by Gasteiger charge is -2.35. The Bertz CT molecular complexity index is 788. The third-order valence-electron chi connectivity index (χ3n) is 5.30. The van der Waals surface area contributed by atoms with Crippen molar-refractivity contribution in [2.24, 2.45) is 0 Å². The van der Waals surface area contributed by atoms with E-state index >= 15 is 0 Å². The van der Waals surface area contributed by atoms with E-state index < -0.39 is 29.6 Å². The number of alkyl halides is 3. The van der Waals surface area contributed by atoms with Crippen LogP contribution >= 0.6 is 0 Å². The van der Waals surface area contributed by atoms with E-state index in [1.54, 1.807) is 22.8 Å². The fourth-order valence-corrected chi connectivity index (χ4v) is 3.71. The number of anilines is 1. The summed E-state index contributed by atoms with van der Waals surface area (Å²) in [5.41, 5.74) is -1.19. The van der Waals surface area contributed by atoms with Crippen molar-refractivity contribution >= 4 is 11.6 Å². The van der Waals surface area contributed by atoms with E-state index in [0.29, 0.717) is 32.7 Å². The van der Waals surface area contributed by atoms with Gasteiger partial charge in [-0.05, 0) is 25.1 Å². The van der Waals surface area contributed by atoms with Gasteiger partial charge in [-0.3, -0.25) is 9.69 Å². The molecular weight excluding hydrogens is 389 g/mol. The second kappa shape index (κ2) is 8.57. The molecule has 158 valence electrons. The number of carbonyl (C=O) groups excluding carboxylic acids is 1. The Morgan fingerprint density at radius 1 is 1.31 bits per heavy atom. The molecule has 0 aliphatic carbocycles. The Hall–Kier alpha value is -2.35. The van der Waals surface area contributed by atoms with Crippen molar-refractivity contribution in [3.8, 4) is 6.07 Å². The van der Waals surface area contributed by atoms with Crippen molar-refractivity contribution in [1.29, 1.82) is 5.26 Å². The quantitative estimate of drug-likeness (QED) is 0.802. The van der Waals surface area contributed by atoms with Crippen LogP contribution in [-0.2, 0) is 15.7 Å². The second-order valence-corrected chi connectivity index (χ2v) is 7.11. The molecule has 29 heavy (non-hydrogen) atoms. The molecule has 0 aromatic heterocycles. The van der Waals surface area contributed by atoms with E-state index in [0.717, 1.165) is 12.1 Å². The number of carbonyl (C=O) groups is 1. The highest BCUT2D eigenvalue weighted by atomic mass is 19.4. The Morgan fingerprint density at radius 3 is 2.59 bits per heavy atom. The predicted octanol–water partition coefficient (Wildman–Crippen LogP) is 1.26. The van der Waals surface area contributed by atoms with Crippen LogP contribution in [0.2, 0.25) is 0 Å². The summed E-state index contributed by atoms with van der Waals surface area (Å²) < 4.78 is 45.5. The number of β-amino-alcohol motifs (C(OH)–C–C–N with tert-alkyl or cyclic N) is 1. The van der Waals surface area contributed by atoms with Crippen LogP contribution in [0.3, 0.4) is 0 Å². The minimum absolute atomic E-state index is 0.0661. The molecule has 0 bridgehead atoms. The summed E-state index contributed by atoms with van der Waals surface area (Å²) in [6.45, 7) is 4.79. The number of nitriles is 1. The Morgan fingerprint density at radius 2 is 2.00 bits per heavy atom. The van der Waals surface area contributed by atoms with Crippen molar-refractivity contribution in [2.75, 3.05) is 50.8 Å². The molecule has 1 amide bonds. The zero-order valence-corrected chi connectivity index (χ0v) is 16.0. The van der Waals surface area contributed by atoms with Crippen LogP contribution in [0.1, 0.15) is 18.1 Å². The molecule has 2 heterocycles. The van der Waals surface area contributed by atoms with Crippen molar-refractivity contribution < 1.29 is 27.8 Å². The van der Waals surface area contributed by atoms with Crippen LogP contribution in [0.5, 0.6) is 0 Å². The topological polar surface area (TPSA) is 80.0 Å². The Labute approximate surface area is 166 Å². The molecule has 2 saturated heterocycles. The van der Waals surface area contributed by atoms with E-state index in [2.05, 4.69) is 4.90 Å². The fourth-order valence-electron chi connectivity index (χ4n) is 3.71. The van der Waals surface area contributed by atoms with Gasteiger partial charge in [-0.25, -0.2) is 0 Å². The largest absolute Gasteiger partial charge is 0.417 e. The summed E-state index contributed by atoms with van der Waals surface area (Å²) in [4.78, 5) is 18.1. The molecular formula is C19H23F3N4O3. The maximum absolute atomic E-state index is 13.3. The standard InChI is InChI=1S/C19H23F3N4O3/c1-13-26(15-3-2-14(11-23)16(10-15)19(20,21)22)12-17(29-13)18(28)25-6-4-24(5-7-25)8-9-27/h2-3,10,13,17,27H,4-9,12H2,1H3/t13-,17+/m1/s1. The summed E-state index contributed by atoms with van der Waals surface area (Å²) >= 11 is 0. The molecule has 2 aliphatic rings. The third kappa shape index (κ3) is 4.63. The molecule has 1 aromatic rings. The lowest BCUT2D eigenvalue weighted by molar-refractivity contribution is -0.143. The van der Waals surface area contributed by atoms with Gasteiger partial charge in [0.05, 0.1) is 30.3 Å². The van der Waals surface area contributed by atoms with Crippen molar-refractivity contribution in [2.45, 2.75) is 25.4 Å². The SMILES string of the molecule is C[C@H]1O[C@H](C(=O)N2CCN(CCO)CC2)CN1c1ccc(C#N)c(C(F)(F)F)c1. The minimum Gasteiger partial charge on any atom is -0.395 e. The maximum Gasteiger partial charge on any atom is 0.417 e. The molecule has 0 saturated carbocycles. The fraction of sp³-hybridized carbons (Fsp3) is 0.579. The summed E-state index contributed by atoms with van der Waals surface area (Å²) in [6, 6.07) is 5.07. The van der Waals surface area contributed by atoms with Crippen LogP contribution < -0.4 is 4.90 Å². The van der Waals surface area contributed by atoms with Crippen LogP contribution in [0, 0.1) is 11.3 Å². The molecule has 10 heteroatoms. The average Bonchev–Trinajstić information content (AvgIpc) is 3.08. The van der Waals surface area contributed by atoms with Crippen LogP contribution in [0.25, 0.3) is 0 Å². The first-order valence-electron chi connectivity index (χ1n) is 9.40. The van der Waals surface area contributed by atoms with Gasteiger partial charge in [0.1, 0.15) is 6.23 Å². The van der Waals surface area contributed by atoms with Gasteiger partial charge < -0.3 is 19.6 Å². The molecule has 2 atom stereocenters. The molecule has 1 aromatic carbocycles. The van der Waals surface area contributed by atoms with Crippen LogP contribution in [0.15, 0.2) is 18.2 Å². The highest BCUT2D eigenvalue weighted by Gasteiger charge is 2.39. The molecule has 0 spiro atoms. The number of ether oxygens (including phenoxy) is 1. The molecule has 0 unspecified atom stereocenters. The lowest BCUT2D eigenvalue weighted by Crippen LogP contribution is -2.52. The first-order chi connectivity index (χ1) is 13.7. The molecule has 2 aliphatic heterocycles. The number of nitrogens with zero attached hydrogens (tertiary/aromatic N) is 4. The molecule has 0 radical (unpaired) electrons. The zero-order chi connectivity index (χ0) is 21.2. The number of aliphatic hydroxyl groups excluding tert-OH is 1. The monoisotopic (exact) mass is 412 g/mol. The van der Waals surface area contributed by atoms with Gasteiger partial charge in [0.15, 0.2) is 6.10 Å². The number of rotatable bonds is 4. The van der Waals surface area contributed by atoms with Gasteiger partial charge in [0, 0.05) is 38.4 Å². The van der Waals surface area contributed by atoms with E-state index in [9.17, 15) is 18.0 Å². The lowest BCUT2D eigenvalue weighted by atomic mass is 10.1. The number of halogens is 3. The highest BCUT2D eigenvalue weighted by molar-refractivity contribution is 5.82. The second-order valence-electron chi connectivity index (χ2n) is 7.11. The van der Waals surface area contributed by atoms with E-state index in [4.69, 9.17) is 15.1 Å². The first kappa shape index (κ1) is 21.4. The zero-order valence-electron chi connectivity index (χ0n) is 16.0. The molecule has 7 nitrogen and oxygen atoms in total. The van der Waals surface area contributed by atoms with Crippen molar-refractivity contribution in [3.63, 3.8) is 0 Å². The van der Waals surface area contributed by atoms with Gasteiger partial charge in [-0.15, -0.1) is 0 Å². The molecule has 2 fully saturated rings. The van der Waals surface area contributed by atoms with Crippen LogP contribution in [-0.4, -0.2) is 79.0 Å². The smallest absolute Gasteiger partial charge is 0.395 e. The number of aliphatic hydroxyl groups is 1. The number of benzene rings is 1. The van der Waals surface area contributed by atoms with Gasteiger partial charge >= 0.3 is 6.18 Å². The number of hydrogen-bond acceptors (Lipinski definition) is 6. The summed E-state index contributed by atoms with van der Waals surface area (Å²) in [5.74, 6) is -0.187. The van der Waals surface area contributed by atoms with Crippen molar-refractivity contribution in [1.82, 2.24) is 9.80 Å². The average molecular weight is 412 g/mol. The van der Waals surface area contributed by atoms with Gasteiger partial charge in [-0.1, -0.05) is 0 Å². The first-order valence-corrected chi connectivity index (χ1v) is 9.40. The normalized spacial score (nSPS) is 23.3. The third-order valence-corrected chi connectivity index (χ3v) is 5.30. The van der Waals surface area contributed by atoms with Gasteiger partial charge in [-0.2, -0.15) is 18.4 Å². The van der Waals surface area contributed by atoms with Gasteiger partial charge in [0.25, 0.3) is 5.91 Å². The van der Waals surface area contributed by atoms with E-state index in [-0.39, 0.29) is 24.7 Å². The maximum atomic E-state index is 13.3. The minimum atomic E-state index is -4.64. The molecule has 1 N–H and O–H groups in total. The summed E-state index contributed by atoms with van der Waals surface area (Å²) in [7, 11) is 0. The summed E-state index contributed by atoms with van der Waals surface area (Å²) in [5, 5.41) is 17.9. The van der Waals surface area contributed by atoms with Crippen LogP contribution in [0.4, 0.5) is 18.9 Å². The Kier molecular flexibility index (Phi) is 6.31. The Balaban J connectivity index is 1.70. The highest BCUT2D eigenvalue weighted by Crippen LogP contribution is 2.36. The summed E-state index contributed by atoms with van der Waals surface area (Å²) in [6.07, 6.45) is -5.98.